The number of thiophene rings is 1. The van der Waals surface area contributed by atoms with Gasteiger partial charge in [0, 0.05) is 54.3 Å². The van der Waals surface area contributed by atoms with Gasteiger partial charge < -0.3 is 9.80 Å². The van der Waals surface area contributed by atoms with E-state index in [2.05, 4.69) is 301 Å². The minimum atomic E-state index is 1.08. The molecule has 0 radical (unpaired) electrons. The Morgan fingerprint density at radius 3 is 0.867 bits per heavy atom. The molecule has 0 aliphatic carbocycles. The lowest BCUT2D eigenvalue weighted by molar-refractivity contribution is 1.28. The standard InChI is InChI=1S/C72H48N2S/c1-3-13-57(14-4-1)73(58-15-5-2-6-16-58)59-37-29-51(30-38-59)52-31-41-61(42-32-52)74(62-43-33-54(34-44-62)55-35-45-67-65-19-8-7-17-63(65)64-18-9-10-20-66(64)69(67)47-55)60-39-27-50(28-40-60)49-23-25-53(26-24-49)56-36-46-72-70(48-56)68-21-11-12-22-71(68)75-72/h1-48H. The van der Waals surface area contributed by atoms with Crippen molar-refractivity contribution in [3.8, 4) is 44.5 Å². The SMILES string of the molecule is c1ccc(N(c2ccccc2)c2ccc(-c3ccc(N(c4ccc(-c5ccc(-c6ccc7sc8ccccc8c7c6)cc5)cc4)c4ccc(-c5ccc6c7ccccc7c7ccccc7c6c5)cc4)cc3)cc2)cc1. The molecule has 0 saturated heterocycles. The average Bonchev–Trinajstić information content (AvgIpc) is 3.87. The highest BCUT2D eigenvalue weighted by Crippen LogP contribution is 2.42. The van der Waals surface area contributed by atoms with E-state index in [1.807, 2.05) is 11.3 Å². The molecular formula is C72H48N2S. The van der Waals surface area contributed by atoms with E-state index in [4.69, 9.17) is 0 Å². The van der Waals surface area contributed by atoms with Crippen molar-refractivity contribution in [1.29, 1.82) is 0 Å². The van der Waals surface area contributed by atoms with Crippen molar-refractivity contribution in [2.45, 2.75) is 0 Å². The van der Waals surface area contributed by atoms with E-state index in [0.29, 0.717) is 0 Å². The first-order valence-corrected chi connectivity index (χ1v) is 26.5. The third-order valence-corrected chi connectivity index (χ3v) is 16.0. The van der Waals surface area contributed by atoms with Gasteiger partial charge in [0.1, 0.15) is 0 Å². The molecule has 1 heterocycles. The summed E-state index contributed by atoms with van der Waals surface area (Å²) in [5, 5.41) is 10.3. The Hall–Kier alpha value is -9.54. The van der Waals surface area contributed by atoms with Crippen LogP contribution in [-0.4, -0.2) is 0 Å². The first-order valence-electron chi connectivity index (χ1n) is 25.6. The number of benzene rings is 13. The molecule has 13 aromatic carbocycles. The first-order chi connectivity index (χ1) is 37.2. The summed E-state index contributed by atoms with van der Waals surface area (Å²) >= 11 is 1.86. The minimum absolute atomic E-state index is 1.08. The zero-order chi connectivity index (χ0) is 49.7. The summed E-state index contributed by atoms with van der Waals surface area (Å²) < 4.78 is 2.66. The van der Waals surface area contributed by atoms with Crippen LogP contribution in [-0.2, 0) is 0 Å². The quantitative estimate of drug-likeness (QED) is 0.126. The van der Waals surface area contributed by atoms with Crippen molar-refractivity contribution in [3.63, 3.8) is 0 Å². The van der Waals surface area contributed by atoms with Crippen molar-refractivity contribution in [2.75, 3.05) is 9.80 Å². The van der Waals surface area contributed by atoms with Gasteiger partial charge in [-0.3, -0.25) is 0 Å². The predicted molar refractivity (Wildman–Crippen MR) is 323 cm³/mol. The summed E-state index contributed by atoms with van der Waals surface area (Å²) in [5.74, 6) is 0. The summed E-state index contributed by atoms with van der Waals surface area (Å²) in [7, 11) is 0. The summed E-state index contributed by atoms with van der Waals surface area (Å²) in [6.07, 6.45) is 0. The minimum Gasteiger partial charge on any atom is -0.311 e. The highest BCUT2D eigenvalue weighted by atomic mass is 32.1. The molecule has 0 aliphatic rings. The lowest BCUT2D eigenvalue weighted by Crippen LogP contribution is -2.10. The normalized spacial score (nSPS) is 11.5. The van der Waals surface area contributed by atoms with Crippen LogP contribution in [0.25, 0.3) is 97.0 Å². The second-order valence-corrected chi connectivity index (χ2v) is 20.4. The molecule has 0 N–H and O–H groups in total. The fourth-order valence-corrected chi connectivity index (χ4v) is 12.2. The number of anilines is 6. The first kappa shape index (κ1) is 44.2. The molecule has 3 heteroatoms. The lowest BCUT2D eigenvalue weighted by atomic mass is 9.92. The fraction of sp³-hybridized carbons (Fsp3) is 0. The monoisotopic (exact) mass is 972 g/mol. The number of rotatable bonds is 10. The van der Waals surface area contributed by atoms with Crippen LogP contribution in [0.4, 0.5) is 34.1 Å². The Morgan fingerprint density at radius 2 is 0.440 bits per heavy atom. The van der Waals surface area contributed by atoms with E-state index in [1.165, 1.54) is 85.9 Å². The Bertz CT molecular complexity index is 4280. The molecule has 0 fully saturated rings. The van der Waals surface area contributed by atoms with E-state index in [1.54, 1.807) is 0 Å². The average molecular weight is 973 g/mol. The number of hydrogen-bond acceptors (Lipinski definition) is 3. The number of para-hydroxylation sites is 2. The van der Waals surface area contributed by atoms with Crippen LogP contribution in [0.2, 0.25) is 0 Å². The van der Waals surface area contributed by atoms with Crippen LogP contribution in [0.5, 0.6) is 0 Å². The van der Waals surface area contributed by atoms with Gasteiger partial charge in [0.15, 0.2) is 0 Å². The highest BCUT2D eigenvalue weighted by molar-refractivity contribution is 7.25. The zero-order valence-electron chi connectivity index (χ0n) is 41.0. The molecule has 2 nitrogen and oxygen atoms in total. The van der Waals surface area contributed by atoms with Crippen molar-refractivity contribution >= 4 is 98.0 Å². The molecule has 14 rings (SSSR count). The molecule has 0 spiro atoms. The highest BCUT2D eigenvalue weighted by Gasteiger charge is 2.17. The van der Waals surface area contributed by atoms with Gasteiger partial charge in [0.25, 0.3) is 0 Å². The van der Waals surface area contributed by atoms with Crippen molar-refractivity contribution in [1.82, 2.24) is 0 Å². The van der Waals surface area contributed by atoms with Gasteiger partial charge in [-0.1, -0.05) is 194 Å². The molecule has 0 atom stereocenters. The van der Waals surface area contributed by atoms with Crippen LogP contribution in [0.15, 0.2) is 291 Å². The lowest BCUT2D eigenvalue weighted by Gasteiger charge is -2.26. The maximum absolute atomic E-state index is 2.37. The number of hydrogen-bond donors (Lipinski definition) is 0. The topological polar surface area (TPSA) is 6.48 Å². The predicted octanol–water partition coefficient (Wildman–Crippen LogP) is 21.1. The summed E-state index contributed by atoms with van der Waals surface area (Å²) in [5.41, 5.74) is 16.1. The maximum Gasteiger partial charge on any atom is 0.0462 e. The Kier molecular flexibility index (Phi) is 11.1. The van der Waals surface area contributed by atoms with E-state index >= 15 is 0 Å². The van der Waals surface area contributed by atoms with Crippen molar-refractivity contribution in [2.24, 2.45) is 0 Å². The van der Waals surface area contributed by atoms with Crippen molar-refractivity contribution in [3.05, 3.63) is 291 Å². The van der Waals surface area contributed by atoms with E-state index in [9.17, 15) is 0 Å². The Labute approximate surface area is 440 Å². The number of nitrogens with zero attached hydrogens (tertiary/aromatic N) is 2. The van der Waals surface area contributed by atoms with Crippen LogP contribution in [0.1, 0.15) is 0 Å². The molecular weight excluding hydrogens is 925 g/mol. The van der Waals surface area contributed by atoms with Crippen LogP contribution in [0, 0.1) is 0 Å². The molecule has 0 amide bonds. The van der Waals surface area contributed by atoms with Gasteiger partial charge in [-0.05, 0) is 174 Å². The van der Waals surface area contributed by atoms with Crippen molar-refractivity contribution < 1.29 is 0 Å². The third-order valence-electron chi connectivity index (χ3n) is 14.9. The van der Waals surface area contributed by atoms with Gasteiger partial charge in [0.2, 0.25) is 0 Å². The molecule has 75 heavy (non-hydrogen) atoms. The van der Waals surface area contributed by atoms with E-state index < -0.39 is 0 Å². The zero-order valence-corrected chi connectivity index (χ0v) is 41.8. The fourth-order valence-electron chi connectivity index (χ4n) is 11.1. The summed E-state index contributed by atoms with van der Waals surface area (Å²) in [4.78, 5) is 4.67. The maximum atomic E-state index is 2.37. The molecule has 0 unspecified atom stereocenters. The van der Waals surface area contributed by atoms with Gasteiger partial charge in [-0.2, -0.15) is 0 Å². The van der Waals surface area contributed by atoms with Gasteiger partial charge in [-0.25, -0.2) is 0 Å². The molecule has 1 aromatic heterocycles. The van der Waals surface area contributed by atoms with Gasteiger partial charge in [-0.15, -0.1) is 11.3 Å². The second-order valence-electron chi connectivity index (χ2n) is 19.3. The Balaban J connectivity index is 0.794. The molecule has 0 bridgehead atoms. The second kappa shape index (κ2) is 18.8. The van der Waals surface area contributed by atoms with Crippen LogP contribution in [0.3, 0.4) is 0 Å². The van der Waals surface area contributed by atoms with Gasteiger partial charge >= 0.3 is 0 Å². The Morgan fingerprint density at radius 1 is 0.173 bits per heavy atom. The summed E-state index contributed by atoms with van der Waals surface area (Å²) in [6, 6.07) is 106. The molecule has 0 aliphatic heterocycles. The number of fused-ring (bicyclic) bond motifs is 9. The molecule has 0 saturated carbocycles. The molecule has 352 valence electrons. The summed E-state index contributed by atoms with van der Waals surface area (Å²) in [6.45, 7) is 0. The third kappa shape index (κ3) is 8.17. The van der Waals surface area contributed by atoms with E-state index in [-0.39, 0.29) is 0 Å². The smallest absolute Gasteiger partial charge is 0.0462 e. The van der Waals surface area contributed by atoms with E-state index in [0.717, 1.165) is 45.3 Å². The molecule has 14 aromatic rings. The van der Waals surface area contributed by atoms with Crippen LogP contribution >= 0.6 is 11.3 Å². The largest absolute Gasteiger partial charge is 0.311 e. The van der Waals surface area contributed by atoms with Crippen LogP contribution < -0.4 is 9.80 Å². The van der Waals surface area contributed by atoms with Gasteiger partial charge in [0.05, 0.1) is 0 Å².